The van der Waals surface area contributed by atoms with Crippen molar-refractivity contribution < 1.29 is 44.1 Å². The van der Waals surface area contributed by atoms with Gasteiger partial charge in [-0.25, -0.2) is 21.8 Å². The topological polar surface area (TPSA) is 178 Å². The van der Waals surface area contributed by atoms with Gasteiger partial charge in [0.1, 0.15) is 15.8 Å². The summed E-state index contributed by atoms with van der Waals surface area (Å²) in [7, 11) is -8.26. The predicted molar refractivity (Wildman–Crippen MR) is 218 cm³/mol. The SMILES string of the molecule is CC(C)(C)c1cc(NC(=O)C(C)(C)S(=O)(=O)c2cccc3cccnc23)no1.Cc1nc(NC(=O)C(C(C)C)S(=O)(=O)c2ccc(C(F)(F)F)cc2)sc1C(C)(C)C. The van der Waals surface area contributed by atoms with E-state index in [4.69, 9.17) is 4.52 Å². The molecule has 0 radical (unpaired) electrons. The van der Waals surface area contributed by atoms with Crippen LogP contribution in [-0.2, 0) is 46.3 Å². The zero-order chi connectivity index (χ0) is 43.8. The van der Waals surface area contributed by atoms with Crippen molar-refractivity contribution in [2.75, 3.05) is 10.6 Å². The largest absolute Gasteiger partial charge is 0.416 e. The molecule has 0 aliphatic rings. The number of thiazole rings is 1. The fraction of sp³-hybridized carbons (Fsp3) is 0.425. The molecule has 1 atom stereocenters. The van der Waals surface area contributed by atoms with Gasteiger partial charge in [0.25, 0.3) is 0 Å². The standard InChI is InChI=1S/C20H25F3N2O3S2.C20H23N3O4S/c1-11(2)15(17(26)25-18-24-12(3)16(29-18)19(4,5)6)30(27,28)14-9-7-13(8-10-14)20(21,22)23;1-19(2,3)15-12-16(23-27-15)22-18(24)20(4,5)28(25,26)14-10-6-8-13-9-7-11-21-17(13)14/h7-11,15H,1-6H3,(H,24,25,26);6-12H,1-5H3,(H,22,23,24). The fourth-order valence-corrected chi connectivity index (χ4v) is 10.2. The van der Waals surface area contributed by atoms with E-state index in [2.05, 4.69) is 25.8 Å². The second-order valence-corrected chi connectivity index (χ2v) is 22.1. The Kier molecular flexibility index (Phi) is 13.1. The van der Waals surface area contributed by atoms with Gasteiger partial charge in [0, 0.05) is 27.9 Å². The highest BCUT2D eigenvalue weighted by molar-refractivity contribution is 7.94. The van der Waals surface area contributed by atoms with Crippen molar-refractivity contribution in [1.29, 1.82) is 0 Å². The average molecular weight is 864 g/mol. The number of carbonyl (C=O) groups is 2. The van der Waals surface area contributed by atoms with Crippen LogP contribution < -0.4 is 10.6 Å². The minimum absolute atomic E-state index is 0.0151. The molecule has 5 aromatic rings. The van der Waals surface area contributed by atoms with E-state index >= 15 is 0 Å². The highest BCUT2D eigenvalue weighted by Crippen LogP contribution is 2.36. The van der Waals surface area contributed by atoms with Crippen molar-refractivity contribution in [3.05, 3.63) is 88.8 Å². The summed E-state index contributed by atoms with van der Waals surface area (Å²) in [5, 5.41) is 8.46. The number of pyridine rings is 1. The van der Waals surface area contributed by atoms with E-state index in [1.165, 1.54) is 37.4 Å². The van der Waals surface area contributed by atoms with Crippen molar-refractivity contribution in [3.63, 3.8) is 0 Å². The molecular formula is C40H48F3N5O7S3. The Morgan fingerprint density at radius 1 is 0.828 bits per heavy atom. The number of benzene rings is 2. The minimum atomic E-state index is -4.58. The molecule has 314 valence electrons. The van der Waals surface area contributed by atoms with Gasteiger partial charge in [0.15, 0.2) is 30.6 Å². The second kappa shape index (κ2) is 16.5. The lowest BCUT2D eigenvalue weighted by Gasteiger charge is -2.23. The maximum Gasteiger partial charge on any atom is 0.416 e. The molecule has 0 fully saturated rings. The molecule has 0 spiro atoms. The summed E-state index contributed by atoms with van der Waals surface area (Å²) in [4.78, 5) is 34.9. The number of aromatic nitrogens is 3. The maximum absolute atomic E-state index is 13.3. The number of nitrogens with one attached hydrogen (secondary N) is 2. The Bertz CT molecular complexity index is 2510. The number of sulfone groups is 2. The van der Waals surface area contributed by atoms with E-state index in [0.29, 0.717) is 28.8 Å². The van der Waals surface area contributed by atoms with Crippen LogP contribution >= 0.6 is 11.3 Å². The van der Waals surface area contributed by atoms with Gasteiger partial charge < -0.3 is 15.2 Å². The zero-order valence-corrected chi connectivity index (χ0v) is 36.5. The molecule has 2 aromatic carbocycles. The second-order valence-electron chi connectivity index (χ2n) is 16.5. The summed E-state index contributed by atoms with van der Waals surface area (Å²) in [5.74, 6) is -1.32. The first-order chi connectivity index (χ1) is 26.5. The van der Waals surface area contributed by atoms with Crippen LogP contribution in [0.15, 0.2) is 81.2 Å². The van der Waals surface area contributed by atoms with Crippen LogP contribution in [0.25, 0.3) is 10.9 Å². The van der Waals surface area contributed by atoms with E-state index in [1.54, 1.807) is 44.2 Å². The van der Waals surface area contributed by atoms with Gasteiger partial charge in [-0.15, -0.1) is 11.3 Å². The smallest absolute Gasteiger partial charge is 0.359 e. The quantitative estimate of drug-likeness (QED) is 0.145. The number of halogens is 3. The molecule has 0 saturated heterocycles. The first-order valence-corrected chi connectivity index (χ1v) is 21.9. The number of para-hydroxylation sites is 1. The molecule has 2 amide bonds. The van der Waals surface area contributed by atoms with Crippen LogP contribution in [0.4, 0.5) is 24.1 Å². The molecule has 0 aliphatic carbocycles. The Balaban J connectivity index is 0.000000257. The average Bonchev–Trinajstić information content (AvgIpc) is 3.74. The third kappa shape index (κ3) is 9.94. The van der Waals surface area contributed by atoms with E-state index in [1.807, 2.05) is 48.5 Å². The molecule has 18 heteroatoms. The molecular weight excluding hydrogens is 816 g/mol. The van der Waals surface area contributed by atoms with Crippen molar-refractivity contribution in [3.8, 4) is 0 Å². The van der Waals surface area contributed by atoms with E-state index in [9.17, 15) is 39.6 Å². The van der Waals surface area contributed by atoms with Gasteiger partial charge in [-0.2, -0.15) is 13.2 Å². The summed E-state index contributed by atoms with van der Waals surface area (Å²) in [6, 6.07) is 13.1. The van der Waals surface area contributed by atoms with Crippen LogP contribution in [0, 0.1) is 12.8 Å². The number of hydrogen-bond donors (Lipinski definition) is 2. The number of carbonyl (C=O) groups excluding carboxylic acids is 2. The van der Waals surface area contributed by atoms with Crippen LogP contribution in [-0.4, -0.2) is 53.8 Å². The number of hydrogen-bond acceptors (Lipinski definition) is 11. The zero-order valence-electron chi connectivity index (χ0n) is 34.1. The van der Waals surface area contributed by atoms with Crippen LogP contribution in [0.1, 0.15) is 91.1 Å². The van der Waals surface area contributed by atoms with E-state index in [-0.39, 0.29) is 31.6 Å². The Labute approximate surface area is 340 Å². The number of amides is 2. The fourth-order valence-electron chi connectivity index (χ4n) is 5.75. The van der Waals surface area contributed by atoms with Crippen LogP contribution in [0.2, 0.25) is 0 Å². The summed E-state index contributed by atoms with van der Waals surface area (Å²) in [6.45, 7) is 19.5. The predicted octanol–water partition coefficient (Wildman–Crippen LogP) is 8.92. The summed E-state index contributed by atoms with van der Waals surface area (Å²) in [6.07, 6.45) is -3.05. The molecule has 3 heterocycles. The summed E-state index contributed by atoms with van der Waals surface area (Å²) < 4.78 is 94.5. The number of anilines is 2. The van der Waals surface area contributed by atoms with E-state index in [0.717, 1.165) is 22.7 Å². The summed E-state index contributed by atoms with van der Waals surface area (Å²) >= 11 is 1.27. The molecule has 2 N–H and O–H groups in total. The highest BCUT2D eigenvalue weighted by atomic mass is 32.2. The van der Waals surface area contributed by atoms with Gasteiger partial charge >= 0.3 is 6.18 Å². The third-order valence-corrected chi connectivity index (χ3v) is 15.3. The molecule has 3 aromatic heterocycles. The van der Waals surface area contributed by atoms with Gasteiger partial charge in [0.2, 0.25) is 11.8 Å². The lowest BCUT2D eigenvalue weighted by Crippen LogP contribution is -2.44. The van der Waals surface area contributed by atoms with Gasteiger partial charge in [-0.1, -0.05) is 78.7 Å². The number of rotatable bonds is 9. The number of alkyl halides is 3. The monoisotopic (exact) mass is 863 g/mol. The molecule has 0 aliphatic heterocycles. The Morgan fingerprint density at radius 2 is 1.43 bits per heavy atom. The van der Waals surface area contributed by atoms with Gasteiger partial charge in [-0.05, 0) is 68.5 Å². The lowest BCUT2D eigenvalue weighted by molar-refractivity contribution is -0.137. The third-order valence-electron chi connectivity index (χ3n) is 9.01. The number of nitrogens with zero attached hydrogens (tertiary/aromatic N) is 3. The Hall–Kier alpha value is -4.68. The maximum atomic E-state index is 13.3. The molecule has 0 saturated carbocycles. The number of fused-ring (bicyclic) bond motifs is 1. The van der Waals surface area contributed by atoms with E-state index < -0.39 is 59.1 Å². The van der Waals surface area contributed by atoms with Crippen molar-refractivity contribution in [2.24, 2.45) is 5.92 Å². The normalized spacial score (nSPS) is 13.5. The van der Waals surface area contributed by atoms with Crippen LogP contribution in [0.5, 0.6) is 0 Å². The molecule has 58 heavy (non-hydrogen) atoms. The first kappa shape index (κ1) is 46.0. The molecule has 0 bridgehead atoms. The lowest BCUT2D eigenvalue weighted by atomic mass is 9.93. The van der Waals surface area contributed by atoms with Crippen LogP contribution in [0.3, 0.4) is 0 Å². The molecule has 5 rings (SSSR count). The van der Waals surface area contributed by atoms with Crippen molar-refractivity contribution in [2.45, 2.75) is 113 Å². The first-order valence-electron chi connectivity index (χ1n) is 18.1. The molecule has 1 unspecified atom stereocenters. The number of aryl methyl sites for hydroxylation is 1. The van der Waals surface area contributed by atoms with Crippen molar-refractivity contribution >= 4 is 64.7 Å². The highest BCUT2D eigenvalue weighted by Gasteiger charge is 2.44. The minimum Gasteiger partial charge on any atom is -0.359 e. The van der Waals surface area contributed by atoms with Crippen molar-refractivity contribution in [1.82, 2.24) is 15.1 Å². The molecule has 12 nitrogen and oxygen atoms in total. The summed E-state index contributed by atoms with van der Waals surface area (Å²) in [5.41, 5.74) is -0.350. The Morgan fingerprint density at radius 3 is 1.95 bits per heavy atom. The van der Waals surface area contributed by atoms with Gasteiger partial charge in [0.05, 0.1) is 26.6 Å². The van der Waals surface area contributed by atoms with Gasteiger partial charge in [-0.3, -0.25) is 14.6 Å².